The summed E-state index contributed by atoms with van der Waals surface area (Å²) in [6.07, 6.45) is 2.76. The lowest BCUT2D eigenvalue weighted by atomic mass is 10.1. The maximum atomic E-state index is 14.2. The van der Waals surface area contributed by atoms with Crippen LogP contribution in [0.15, 0.2) is 42.5 Å². The van der Waals surface area contributed by atoms with Gasteiger partial charge in [0.05, 0.1) is 46.7 Å². The lowest BCUT2D eigenvalue weighted by Crippen LogP contribution is -2.50. The largest absolute Gasteiger partial charge is 0.497 e. The first-order valence-corrected chi connectivity index (χ1v) is 19.0. The van der Waals surface area contributed by atoms with E-state index in [1.165, 1.54) is 0 Å². The third-order valence-electron chi connectivity index (χ3n) is 8.78. The Morgan fingerprint density at radius 3 is 2.13 bits per heavy atom. The normalized spacial score (nSPS) is 14.2. The monoisotopic (exact) mass is 737 g/mol. The second-order valence-electron chi connectivity index (χ2n) is 13.7. The first-order chi connectivity index (χ1) is 25.5. The molecule has 0 atom stereocenters. The minimum absolute atomic E-state index is 0.139. The number of carbonyl (C=O) groups is 2. The van der Waals surface area contributed by atoms with Crippen LogP contribution in [0.2, 0.25) is 0 Å². The molecule has 1 saturated heterocycles. The molecular formula is C41H63N5O7. The Hall–Kier alpha value is -4.45. The number of piperazine rings is 1. The number of nitrogens with zero attached hydrogens (tertiary/aromatic N) is 5. The van der Waals surface area contributed by atoms with E-state index in [4.69, 9.17) is 23.7 Å². The molecule has 0 spiro atoms. The smallest absolute Gasteiger partial charge is 0.410 e. The lowest BCUT2D eigenvalue weighted by molar-refractivity contribution is 0.0142. The first-order valence-electron chi connectivity index (χ1n) is 19.0. The summed E-state index contributed by atoms with van der Waals surface area (Å²) >= 11 is 0. The molecule has 2 amide bonds. The summed E-state index contributed by atoms with van der Waals surface area (Å²) in [7, 11) is 6.67. The number of rotatable bonds is 14. The number of carbonyl (C=O) groups excluding carboxylic acids is 2. The predicted molar refractivity (Wildman–Crippen MR) is 208 cm³/mol. The van der Waals surface area contributed by atoms with Crippen molar-refractivity contribution < 1.29 is 33.3 Å². The Balaban J connectivity index is 0.00000183. The summed E-state index contributed by atoms with van der Waals surface area (Å²) in [5.74, 6) is 2.82. The van der Waals surface area contributed by atoms with Crippen molar-refractivity contribution in [2.75, 3.05) is 60.7 Å². The van der Waals surface area contributed by atoms with Crippen molar-refractivity contribution in [1.29, 1.82) is 0 Å². The maximum absolute atomic E-state index is 14.2. The van der Waals surface area contributed by atoms with E-state index >= 15 is 0 Å². The molecule has 0 bridgehead atoms. The molecule has 294 valence electrons. The van der Waals surface area contributed by atoms with E-state index in [0.717, 1.165) is 55.7 Å². The summed E-state index contributed by atoms with van der Waals surface area (Å²) < 4.78 is 30.4. The van der Waals surface area contributed by atoms with E-state index in [0.29, 0.717) is 60.9 Å². The van der Waals surface area contributed by atoms with Crippen LogP contribution in [0.5, 0.6) is 23.0 Å². The molecule has 1 aliphatic carbocycles. The highest BCUT2D eigenvalue weighted by Crippen LogP contribution is 2.40. The molecule has 1 saturated carbocycles. The molecule has 0 N–H and O–H groups in total. The minimum Gasteiger partial charge on any atom is -0.497 e. The van der Waals surface area contributed by atoms with Crippen LogP contribution in [-0.2, 0) is 24.9 Å². The van der Waals surface area contributed by atoms with Crippen LogP contribution in [0.3, 0.4) is 0 Å². The summed E-state index contributed by atoms with van der Waals surface area (Å²) in [5.41, 5.74) is 2.67. The van der Waals surface area contributed by atoms with E-state index in [9.17, 15) is 9.59 Å². The summed E-state index contributed by atoms with van der Waals surface area (Å²) in [6.45, 7) is 18.4. The van der Waals surface area contributed by atoms with Gasteiger partial charge in [-0.15, -0.1) is 0 Å². The Morgan fingerprint density at radius 1 is 0.849 bits per heavy atom. The van der Waals surface area contributed by atoms with Crippen molar-refractivity contribution in [3.8, 4) is 23.0 Å². The van der Waals surface area contributed by atoms with Gasteiger partial charge in [0.25, 0.3) is 5.91 Å². The van der Waals surface area contributed by atoms with Gasteiger partial charge in [-0.2, -0.15) is 5.10 Å². The van der Waals surface area contributed by atoms with Gasteiger partial charge < -0.3 is 33.5 Å². The zero-order valence-electron chi connectivity index (χ0n) is 34.0. The molecule has 3 aromatic rings. The number of amides is 2. The predicted octanol–water partition coefficient (Wildman–Crippen LogP) is 7.54. The van der Waals surface area contributed by atoms with Gasteiger partial charge in [-0.05, 0) is 64.3 Å². The van der Waals surface area contributed by atoms with Crippen LogP contribution in [-0.4, -0.2) is 103 Å². The van der Waals surface area contributed by atoms with E-state index < -0.39 is 5.60 Å². The highest BCUT2D eigenvalue weighted by molar-refractivity contribution is 5.93. The SMILES string of the molecule is CC.CC.COc1ccc(CN(Cc2cccc(OCCCN3CCN(C(=O)OC(C)(C)C)CC3)c2OC)C(=O)c2cc(C3CC3)nn2C)c(OC)c1. The average molecular weight is 738 g/mol. The van der Waals surface area contributed by atoms with Gasteiger partial charge in [0.2, 0.25) is 0 Å². The van der Waals surface area contributed by atoms with Crippen molar-refractivity contribution >= 4 is 12.0 Å². The Bertz CT molecular complexity index is 1590. The minimum atomic E-state index is -0.499. The summed E-state index contributed by atoms with van der Waals surface area (Å²) in [5, 5.41) is 4.65. The van der Waals surface area contributed by atoms with Crippen molar-refractivity contribution in [2.24, 2.45) is 7.05 Å². The van der Waals surface area contributed by atoms with Crippen LogP contribution in [0.1, 0.15) is 101 Å². The summed E-state index contributed by atoms with van der Waals surface area (Å²) in [6, 6.07) is 13.3. The van der Waals surface area contributed by atoms with E-state index in [1.54, 1.807) is 35.8 Å². The Kier molecular flexibility index (Phi) is 16.8. The number of para-hydroxylation sites is 1. The maximum Gasteiger partial charge on any atom is 0.410 e. The third-order valence-corrected chi connectivity index (χ3v) is 8.78. The first kappa shape index (κ1) is 43.0. The molecule has 1 aliphatic heterocycles. The number of hydrogen-bond acceptors (Lipinski definition) is 9. The van der Waals surface area contributed by atoms with Gasteiger partial charge in [-0.3, -0.25) is 14.4 Å². The van der Waals surface area contributed by atoms with E-state index in [2.05, 4.69) is 10.00 Å². The zero-order chi connectivity index (χ0) is 39.1. The van der Waals surface area contributed by atoms with Crippen molar-refractivity contribution in [3.05, 3.63) is 65.0 Å². The quantitative estimate of drug-likeness (QED) is 0.155. The highest BCUT2D eigenvalue weighted by Gasteiger charge is 2.30. The van der Waals surface area contributed by atoms with Gasteiger partial charge in [0, 0.05) is 62.9 Å². The lowest BCUT2D eigenvalue weighted by Gasteiger charge is -2.35. The van der Waals surface area contributed by atoms with Gasteiger partial charge in [-0.25, -0.2) is 4.79 Å². The zero-order valence-corrected chi connectivity index (χ0v) is 34.0. The number of aromatic nitrogens is 2. The molecule has 2 aliphatic rings. The molecule has 2 heterocycles. The topological polar surface area (TPSA) is 108 Å². The molecule has 12 heteroatoms. The molecule has 2 fully saturated rings. The van der Waals surface area contributed by atoms with Gasteiger partial charge in [0.1, 0.15) is 22.8 Å². The second-order valence-corrected chi connectivity index (χ2v) is 13.7. The molecular weight excluding hydrogens is 674 g/mol. The van der Waals surface area contributed by atoms with Crippen LogP contribution in [0, 0.1) is 0 Å². The van der Waals surface area contributed by atoms with Crippen molar-refractivity contribution in [2.45, 2.75) is 92.3 Å². The third kappa shape index (κ3) is 12.3. The fourth-order valence-electron chi connectivity index (χ4n) is 6.01. The fourth-order valence-corrected chi connectivity index (χ4v) is 6.01. The molecule has 5 rings (SSSR count). The Morgan fingerprint density at radius 2 is 1.53 bits per heavy atom. The van der Waals surface area contributed by atoms with Crippen LogP contribution in [0.25, 0.3) is 0 Å². The number of ether oxygens (including phenoxy) is 5. The number of aryl methyl sites for hydroxylation is 1. The van der Waals surface area contributed by atoms with E-state index in [1.807, 2.05) is 98.0 Å². The van der Waals surface area contributed by atoms with Crippen LogP contribution in [0.4, 0.5) is 4.79 Å². The van der Waals surface area contributed by atoms with Crippen LogP contribution < -0.4 is 18.9 Å². The van der Waals surface area contributed by atoms with Gasteiger partial charge in [0.15, 0.2) is 11.5 Å². The fraction of sp³-hybridized carbons (Fsp3) is 0.585. The molecule has 1 aromatic heterocycles. The van der Waals surface area contributed by atoms with Gasteiger partial charge in [-0.1, -0.05) is 39.8 Å². The molecule has 2 aromatic carbocycles. The number of methoxy groups -OCH3 is 3. The van der Waals surface area contributed by atoms with Crippen molar-refractivity contribution in [1.82, 2.24) is 24.5 Å². The van der Waals surface area contributed by atoms with Crippen molar-refractivity contribution in [3.63, 3.8) is 0 Å². The highest BCUT2D eigenvalue weighted by atomic mass is 16.6. The summed E-state index contributed by atoms with van der Waals surface area (Å²) in [4.78, 5) is 32.5. The van der Waals surface area contributed by atoms with Crippen LogP contribution >= 0.6 is 0 Å². The standard InChI is InChI=1S/C37H51N5O7.2C2H6/c1-37(2,3)49-36(44)41-19-17-40(18-20-41)16-9-21-48-32-11-8-10-28(34(32)47-7)25-42(24-27-14-15-29(45-5)22-33(27)46-6)35(43)31-23-30(26-12-13-26)38-39(31)4;2*1-2/h8,10-11,14-15,22-23,26H,9,12-13,16-21,24-25H2,1-7H3;2*1-2H3. The second kappa shape index (κ2) is 20.7. The molecule has 0 unspecified atom stereocenters. The van der Waals surface area contributed by atoms with Gasteiger partial charge >= 0.3 is 6.09 Å². The van der Waals surface area contributed by atoms with E-state index in [-0.39, 0.29) is 18.5 Å². The number of hydrogen-bond donors (Lipinski definition) is 0. The molecule has 12 nitrogen and oxygen atoms in total. The number of benzene rings is 2. The molecule has 53 heavy (non-hydrogen) atoms. The Labute approximate surface area is 317 Å². The molecule has 0 radical (unpaired) electrons. The average Bonchev–Trinajstić information content (AvgIpc) is 3.95.